The van der Waals surface area contributed by atoms with E-state index in [2.05, 4.69) is 6.92 Å². The normalized spacial score (nSPS) is 12.2. The second-order valence-corrected chi connectivity index (χ2v) is 7.44. The fourth-order valence-electron chi connectivity index (χ4n) is 1.68. The number of hydrogen-bond acceptors (Lipinski definition) is 4. The summed E-state index contributed by atoms with van der Waals surface area (Å²) in [5.41, 5.74) is 5.48. The van der Waals surface area contributed by atoms with E-state index < -0.39 is 10.0 Å². The van der Waals surface area contributed by atoms with Crippen LogP contribution in [0.4, 0.5) is 0 Å². The highest BCUT2D eigenvalue weighted by molar-refractivity contribution is 7.91. The second-order valence-electron chi connectivity index (χ2n) is 4.11. The number of nitrogens with zero attached hydrogens (tertiary/aromatic N) is 1. The Morgan fingerprint density at radius 1 is 1.33 bits per heavy atom. The van der Waals surface area contributed by atoms with Crippen molar-refractivity contribution in [2.24, 2.45) is 5.73 Å². The van der Waals surface area contributed by atoms with Crippen molar-refractivity contribution in [3.05, 3.63) is 17.0 Å². The average molecular weight is 290 g/mol. The predicted molar refractivity (Wildman–Crippen MR) is 76.4 cm³/mol. The number of unbranched alkanes of at least 4 members (excludes halogenated alkanes) is 1. The Balaban J connectivity index is 2.88. The minimum absolute atomic E-state index is 0.434. The Morgan fingerprint density at radius 2 is 2.06 bits per heavy atom. The Kier molecular flexibility index (Phi) is 6.28. The molecule has 4 nitrogen and oxygen atoms in total. The zero-order chi connectivity index (χ0) is 13.6. The zero-order valence-corrected chi connectivity index (χ0v) is 12.7. The molecule has 1 aromatic rings. The van der Waals surface area contributed by atoms with E-state index in [4.69, 9.17) is 5.73 Å². The molecule has 6 heteroatoms. The molecule has 0 aromatic carbocycles. The Hall–Kier alpha value is -0.430. The van der Waals surface area contributed by atoms with Crippen molar-refractivity contribution in [1.29, 1.82) is 0 Å². The molecule has 18 heavy (non-hydrogen) atoms. The standard InChI is InChI=1S/C12H22N2O2S2/c1-3-5-10-14(4-2)18(15,16)12-7-6-11(17-12)8-9-13/h6-7H,3-5,8-10,13H2,1-2H3. The van der Waals surface area contributed by atoms with Gasteiger partial charge in [0, 0.05) is 18.0 Å². The van der Waals surface area contributed by atoms with E-state index in [9.17, 15) is 8.42 Å². The average Bonchev–Trinajstić information content (AvgIpc) is 2.79. The summed E-state index contributed by atoms with van der Waals surface area (Å²) in [6.45, 7) is 5.60. The number of thiophene rings is 1. The summed E-state index contributed by atoms with van der Waals surface area (Å²) >= 11 is 1.33. The maximum absolute atomic E-state index is 12.4. The summed E-state index contributed by atoms with van der Waals surface area (Å²) in [5, 5.41) is 0. The van der Waals surface area contributed by atoms with E-state index >= 15 is 0 Å². The third kappa shape index (κ3) is 3.78. The zero-order valence-electron chi connectivity index (χ0n) is 11.1. The first-order chi connectivity index (χ1) is 8.56. The lowest BCUT2D eigenvalue weighted by Crippen LogP contribution is -2.31. The van der Waals surface area contributed by atoms with Crippen LogP contribution in [0.25, 0.3) is 0 Å². The third-order valence-corrected chi connectivity index (χ3v) is 6.32. The molecule has 0 amide bonds. The van der Waals surface area contributed by atoms with Crippen LogP contribution in [-0.2, 0) is 16.4 Å². The molecule has 0 bridgehead atoms. The Labute approximate surface area is 114 Å². The van der Waals surface area contributed by atoms with Crippen molar-refractivity contribution in [2.75, 3.05) is 19.6 Å². The number of rotatable bonds is 8. The van der Waals surface area contributed by atoms with Crippen molar-refractivity contribution in [1.82, 2.24) is 4.31 Å². The van der Waals surface area contributed by atoms with Gasteiger partial charge in [-0.15, -0.1) is 11.3 Å². The van der Waals surface area contributed by atoms with Gasteiger partial charge in [0.15, 0.2) is 0 Å². The molecule has 104 valence electrons. The molecular formula is C12H22N2O2S2. The van der Waals surface area contributed by atoms with E-state index in [0.29, 0.717) is 23.8 Å². The van der Waals surface area contributed by atoms with Crippen molar-refractivity contribution in [2.45, 2.75) is 37.3 Å². The van der Waals surface area contributed by atoms with E-state index in [1.807, 2.05) is 13.0 Å². The van der Waals surface area contributed by atoms with Crippen molar-refractivity contribution < 1.29 is 8.42 Å². The maximum Gasteiger partial charge on any atom is 0.252 e. The quantitative estimate of drug-likeness (QED) is 0.797. The van der Waals surface area contributed by atoms with Gasteiger partial charge >= 0.3 is 0 Å². The van der Waals surface area contributed by atoms with Crippen molar-refractivity contribution >= 4 is 21.4 Å². The van der Waals surface area contributed by atoms with Crippen LogP contribution in [0.3, 0.4) is 0 Å². The first-order valence-corrected chi connectivity index (χ1v) is 8.60. The molecule has 0 aliphatic heterocycles. The molecule has 0 radical (unpaired) electrons. The molecule has 0 fully saturated rings. The highest BCUT2D eigenvalue weighted by atomic mass is 32.2. The molecule has 0 saturated carbocycles. The van der Waals surface area contributed by atoms with Gasteiger partial charge in [-0.05, 0) is 31.5 Å². The summed E-state index contributed by atoms with van der Waals surface area (Å²) in [7, 11) is -3.31. The molecule has 0 unspecified atom stereocenters. The highest BCUT2D eigenvalue weighted by Crippen LogP contribution is 2.25. The van der Waals surface area contributed by atoms with Crippen LogP contribution in [0, 0.1) is 0 Å². The van der Waals surface area contributed by atoms with Crippen molar-refractivity contribution in [3.8, 4) is 0 Å². The van der Waals surface area contributed by atoms with Gasteiger partial charge in [0.05, 0.1) is 0 Å². The minimum atomic E-state index is -3.31. The molecule has 0 saturated heterocycles. The molecule has 2 N–H and O–H groups in total. The fraction of sp³-hybridized carbons (Fsp3) is 0.667. The van der Waals surface area contributed by atoms with Gasteiger partial charge in [-0.3, -0.25) is 0 Å². The molecule has 0 aliphatic carbocycles. The molecule has 0 aliphatic rings. The third-order valence-electron chi connectivity index (χ3n) is 2.74. The van der Waals surface area contributed by atoms with Gasteiger partial charge < -0.3 is 5.73 Å². The molecule has 0 spiro atoms. The van der Waals surface area contributed by atoms with Crippen LogP contribution >= 0.6 is 11.3 Å². The highest BCUT2D eigenvalue weighted by Gasteiger charge is 2.24. The van der Waals surface area contributed by atoms with Crippen LogP contribution in [0.2, 0.25) is 0 Å². The molecule has 1 rings (SSSR count). The SMILES string of the molecule is CCCCN(CC)S(=O)(=O)c1ccc(CCN)s1. The molecule has 1 aromatic heterocycles. The van der Waals surface area contributed by atoms with Crippen LogP contribution in [0.5, 0.6) is 0 Å². The number of hydrogen-bond donors (Lipinski definition) is 1. The van der Waals surface area contributed by atoms with Gasteiger partial charge in [-0.2, -0.15) is 4.31 Å². The minimum Gasteiger partial charge on any atom is -0.330 e. The predicted octanol–water partition coefficient (Wildman–Crippen LogP) is 2.06. The van der Waals surface area contributed by atoms with Crippen LogP contribution in [0.15, 0.2) is 16.3 Å². The largest absolute Gasteiger partial charge is 0.330 e. The summed E-state index contributed by atoms with van der Waals surface area (Å²) in [5.74, 6) is 0. The maximum atomic E-state index is 12.4. The molecule has 0 atom stereocenters. The van der Waals surface area contributed by atoms with Gasteiger partial charge in [-0.25, -0.2) is 8.42 Å². The van der Waals surface area contributed by atoms with Gasteiger partial charge in [0.1, 0.15) is 4.21 Å². The lowest BCUT2D eigenvalue weighted by Gasteiger charge is -2.18. The Morgan fingerprint density at radius 3 is 2.61 bits per heavy atom. The lowest BCUT2D eigenvalue weighted by atomic mass is 10.3. The van der Waals surface area contributed by atoms with Crippen LogP contribution in [0.1, 0.15) is 31.6 Å². The number of sulfonamides is 1. The van der Waals surface area contributed by atoms with E-state index in [1.165, 1.54) is 11.3 Å². The van der Waals surface area contributed by atoms with Crippen LogP contribution < -0.4 is 5.73 Å². The van der Waals surface area contributed by atoms with Crippen LogP contribution in [-0.4, -0.2) is 32.4 Å². The monoisotopic (exact) mass is 290 g/mol. The molecular weight excluding hydrogens is 268 g/mol. The van der Waals surface area contributed by atoms with E-state index in [0.717, 1.165) is 24.1 Å². The van der Waals surface area contributed by atoms with Crippen molar-refractivity contribution in [3.63, 3.8) is 0 Å². The smallest absolute Gasteiger partial charge is 0.252 e. The van der Waals surface area contributed by atoms with E-state index in [-0.39, 0.29) is 0 Å². The van der Waals surface area contributed by atoms with Gasteiger partial charge in [0.25, 0.3) is 10.0 Å². The Bertz CT molecular complexity index is 454. The molecule has 1 heterocycles. The summed E-state index contributed by atoms with van der Waals surface area (Å²) in [6.07, 6.45) is 2.63. The number of nitrogens with two attached hydrogens (primary N) is 1. The lowest BCUT2D eigenvalue weighted by molar-refractivity contribution is 0.420. The first kappa shape index (κ1) is 15.6. The fourth-order valence-corrected chi connectivity index (χ4v) is 4.70. The van der Waals surface area contributed by atoms with E-state index in [1.54, 1.807) is 10.4 Å². The summed E-state index contributed by atoms with van der Waals surface area (Å²) in [4.78, 5) is 1.03. The van der Waals surface area contributed by atoms with Gasteiger partial charge in [0.2, 0.25) is 0 Å². The topological polar surface area (TPSA) is 63.4 Å². The van der Waals surface area contributed by atoms with Gasteiger partial charge in [-0.1, -0.05) is 20.3 Å². The second kappa shape index (κ2) is 7.23. The summed E-state index contributed by atoms with van der Waals surface area (Å²) in [6, 6.07) is 3.55. The first-order valence-electron chi connectivity index (χ1n) is 6.35. The summed E-state index contributed by atoms with van der Waals surface area (Å²) < 4.78 is 26.8.